The summed E-state index contributed by atoms with van der Waals surface area (Å²) in [7, 11) is 0. The van der Waals surface area contributed by atoms with E-state index in [-0.39, 0.29) is 5.91 Å². The fraction of sp³-hybridized carbons (Fsp3) is 0.471. The average Bonchev–Trinajstić information content (AvgIpc) is 3.00. The van der Waals surface area contributed by atoms with Gasteiger partial charge in [0.1, 0.15) is 5.69 Å². The quantitative estimate of drug-likeness (QED) is 0.868. The number of likely N-dealkylation sites (tertiary alicyclic amines) is 1. The van der Waals surface area contributed by atoms with Crippen molar-refractivity contribution in [3.63, 3.8) is 0 Å². The number of carbonyl (C=O) groups excluding carboxylic acids is 1. The Morgan fingerprint density at radius 2 is 2.32 bits per heavy atom. The molecular formula is C17H21N3OS. The molecular weight excluding hydrogens is 294 g/mol. The first kappa shape index (κ1) is 15.2. The second-order valence-corrected chi connectivity index (χ2v) is 6.82. The lowest BCUT2D eigenvalue weighted by atomic mass is 9.96. The van der Waals surface area contributed by atoms with Gasteiger partial charge >= 0.3 is 0 Å². The van der Waals surface area contributed by atoms with Gasteiger partial charge in [0.2, 0.25) is 0 Å². The van der Waals surface area contributed by atoms with Crippen molar-refractivity contribution in [1.82, 2.24) is 14.9 Å². The Balaban J connectivity index is 1.67. The van der Waals surface area contributed by atoms with Gasteiger partial charge in [-0.15, -0.1) is 11.3 Å². The third-order valence-electron chi connectivity index (χ3n) is 4.19. The summed E-state index contributed by atoms with van der Waals surface area (Å²) in [5, 5.41) is 2.83. The van der Waals surface area contributed by atoms with Crippen LogP contribution in [0.15, 0.2) is 29.8 Å². The smallest absolute Gasteiger partial charge is 0.273 e. The van der Waals surface area contributed by atoms with E-state index in [1.54, 1.807) is 0 Å². The molecule has 1 aliphatic rings. The Kier molecular flexibility index (Phi) is 4.83. The second-order valence-electron chi connectivity index (χ2n) is 5.76. The van der Waals surface area contributed by atoms with Crippen LogP contribution < -0.4 is 0 Å². The molecule has 1 unspecified atom stereocenters. The zero-order valence-corrected chi connectivity index (χ0v) is 13.7. The highest BCUT2D eigenvalue weighted by Gasteiger charge is 2.28. The lowest BCUT2D eigenvalue weighted by Crippen LogP contribution is -2.44. The molecule has 22 heavy (non-hydrogen) atoms. The molecule has 1 saturated heterocycles. The molecule has 1 atom stereocenters. The zero-order valence-electron chi connectivity index (χ0n) is 12.9. The molecule has 0 bridgehead atoms. The number of hydrogen-bond acceptors (Lipinski definition) is 4. The number of nitrogens with zero attached hydrogens (tertiary/aromatic N) is 3. The lowest BCUT2D eigenvalue weighted by molar-refractivity contribution is 0.0596. The Morgan fingerprint density at radius 1 is 1.41 bits per heavy atom. The van der Waals surface area contributed by atoms with E-state index in [4.69, 9.17) is 0 Å². The minimum absolute atomic E-state index is 0.0927. The number of aryl methyl sites for hydroxylation is 2. The van der Waals surface area contributed by atoms with E-state index in [0.29, 0.717) is 11.7 Å². The van der Waals surface area contributed by atoms with Crippen molar-refractivity contribution in [3.05, 3.63) is 46.2 Å². The molecule has 3 heterocycles. The van der Waals surface area contributed by atoms with Crippen LogP contribution in [-0.2, 0) is 6.42 Å². The first-order valence-corrected chi connectivity index (χ1v) is 8.75. The minimum Gasteiger partial charge on any atom is -0.334 e. The molecule has 2 aromatic heterocycles. The number of thiazole rings is 1. The highest BCUT2D eigenvalue weighted by molar-refractivity contribution is 7.09. The molecule has 1 aliphatic heterocycles. The molecule has 3 rings (SSSR count). The normalized spacial score (nSPS) is 18.4. The van der Waals surface area contributed by atoms with E-state index < -0.39 is 0 Å². The van der Waals surface area contributed by atoms with Crippen molar-refractivity contribution in [2.75, 3.05) is 6.54 Å². The highest BCUT2D eigenvalue weighted by Crippen LogP contribution is 2.23. The molecule has 1 fully saturated rings. The predicted molar refractivity (Wildman–Crippen MR) is 88.1 cm³/mol. The number of carbonyl (C=O) groups is 1. The highest BCUT2D eigenvalue weighted by atomic mass is 32.1. The van der Waals surface area contributed by atoms with Crippen molar-refractivity contribution in [2.45, 2.75) is 45.1 Å². The van der Waals surface area contributed by atoms with E-state index in [1.807, 2.05) is 35.5 Å². The molecule has 0 saturated carbocycles. The molecule has 1 amide bonds. The van der Waals surface area contributed by atoms with Gasteiger partial charge in [0.05, 0.1) is 5.01 Å². The number of pyridine rings is 1. The summed E-state index contributed by atoms with van der Waals surface area (Å²) in [6.07, 6.45) is 7.11. The van der Waals surface area contributed by atoms with E-state index in [9.17, 15) is 4.79 Å². The van der Waals surface area contributed by atoms with Crippen molar-refractivity contribution in [2.24, 2.45) is 0 Å². The molecule has 5 heteroatoms. The molecule has 4 nitrogen and oxygen atoms in total. The summed E-state index contributed by atoms with van der Waals surface area (Å²) < 4.78 is 0. The van der Waals surface area contributed by atoms with Gasteiger partial charge < -0.3 is 4.90 Å². The summed E-state index contributed by atoms with van der Waals surface area (Å²) in [6, 6.07) is 6.32. The second kappa shape index (κ2) is 7.01. The Bertz CT molecular complexity index is 626. The number of amides is 1. The maximum atomic E-state index is 12.7. The van der Waals surface area contributed by atoms with Gasteiger partial charge in [-0.05, 0) is 51.2 Å². The number of hydrogen-bond donors (Lipinski definition) is 0. The summed E-state index contributed by atoms with van der Waals surface area (Å²) in [5.74, 6) is 0.0927. The van der Waals surface area contributed by atoms with Crippen LogP contribution in [0.5, 0.6) is 0 Å². The average molecular weight is 315 g/mol. The summed E-state index contributed by atoms with van der Waals surface area (Å²) in [6.45, 7) is 2.79. The molecule has 0 N–H and O–H groups in total. The van der Waals surface area contributed by atoms with Crippen LogP contribution >= 0.6 is 11.3 Å². The van der Waals surface area contributed by atoms with Crippen LogP contribution in [0.1, 0.15) is 46.9 Å². The summed E-state index contributed by atoms with van der Waals surface area (Å²) in [4.78, 5) is 23.5. The topological polar surface area (TPSA) is 46.1 Å². The molecule has 0 radical (unpaired) electrons. The van der Waals surface area contributed by atoms with Crippen LogP contribution in [0, 0.1) is 6.92 Å². The number of piperidine rings is 1. The predicted octanol–water partition coefficient (Wildman–Crippen LogP) is 3.47. The van der Waals surface area contributed by atoms with E-state index >= 15 is 0 Å². The maximum Gasteiger partial charge on any atom is 0.273 e. The van der Waals surface area contributed by atoms with E-state index in [1.165, 1.54) is 17.8 Å². The maximum absolute atomic E-state index is 12.7. The van der Waals surface area contributed by atoms with Crippen molar-refractivity contribution >= 4 is 17.2 Å². The van der Waals surface area contributed by atoms with E-state index in [2.05, 4.69) is 16.0 Å². The van der Waals surface area contributed by atoms with Gasteiger partial charge in [0, 0.05) is 29.9 Å². The van der Waals surface area contributed by atoms with Crippen molar-refractivity contribution in [1.29, 1.82) is 0 Å². The SMILES string of the molecule is Cc1nc(C(=O)N2CCCCC2CCc2ccccn2)cs1. The van der Waals surface area contributed by atoms with Gasteiger partial charge in [-0.25, -0.2) is 4.98 Å². The third kappa shape index (κ3) is 3.53. The molecule has 2 aromatic rings. The van der Waals surface area contributed by atoms with Crippen molar-refractivity contribution in [3.8, 4) is 0 Å². The molecule has 0 spiro atoms. The fourth-order valence-corrected chi connectivity index (χ4v) is 3.62. The van der Waals surface area contributed by atoms with Gasteiger partial charge in [0.15, 0.2) is 0 Å². The lowest BCUT2D eigenvalue weighted by Gasteiger charge is -2.35. The third-order valence-corrected chi connectivity index (χ3v) is 4.96. The molecule has 116 valence electrons. The van der Waals surface area contributed by atoms with Crippen LogP contribution in [0.25, 0.3) is 0 Å². The van der Waals surface area contributed by atoms with Gasteiger partial charge in [-0.1, -0.05) is 6.07 Å². The fourth-order valence-electron chi connectivity index (χ4n) is 3.04. The Labute approximate surface area is 135 Å². The molecule has 0 aliphatic carbocycles. The van der Waals surface area contributed by atoms with Crippen LogP contribution in [0.3, 0.4) is 0 Å². The van der Waals surface area contributed by atoms with Gasteiger partial charge in [-0.3, -0.25) is 9.78 Å². The monoisotopic (exact) mass is 315 g/mol. The van der Waals surface area contributed by atoms with Crippen LogP contribution in [0.2, 0.25) is 0 Å². The zero-order chi connectivity index (χ0) is 15.4. The Morgan fingerprint density at radius 3 is 3.05 bits per heavy atom. The Hall–Kier alpha value is -1.75. The van der Waals surface area contributed by atoms with Crippen LogP contribution in [-0.4, -0.2) is 33.4 Å². The largest absolute Gasteiger partial charge is 0.334 e. The first-order chi connectivity index (χ1) is 10.7. The van der Waals surface area contributed by atoms with E-state index in [0.717, 1.165) is 42.9 Å². The van der Waals surface area contributed by atoms with Crippen molar-refractivity contribution < 1.29 is 4.79 Å². The molecule has 0 aromatic carbocycles. The number of aromatic nitrogens is 2. The first-order valence-electron chi connectivity index (χ1n) is 7.87. The standard InChI is InChI=1S/C17H21N3OS/c1-13-19-16(12-22-13)17(21)20-11-5-3-7-15(20)9-8-14-6-2-4-10-18-14/h2,4,6,10,12,15H,3,5,7-9,11H2,1H3. The number of rotatable bonds is 4. The van der Waals surface area contributed by atoms with Gasteiger partial charge in [0.25, 0.3) is 5.91 Å². The summed E-state index contributed by atoms with van der Waals surface area (Å²) >= 11 is 1.54. The van der Waals surface area contributed by atoms with Crippen LogP contribution in [0.4, 0.5) is 0 Å². The van der Waals surface area contributed by atoms with Gasteiger partial charge in [-0.2, -0.15) is 0 Å². The summed E-state index contributed by atoms with van der Waals surface area (Å²) in [5.41, 5.74) is 1.71. The minimum atomic E-state index is 0.0927.